The van der Waals surface area contributed by atoms with Gasteiger partial charge in [-0.15, -0.1) is 0 Å². The summed E-state index contributed by atoms with van der Waals surface area (Å²) in [6.07, 6.45) is 7.65. The minimum absolute atomic E-state index is 1.11. The van der Waals surface area contributed by atoms with E-state index in [0.717, 1.165) is 28.1 Å². The average molecular weight is 410 g/mol. The lowest BCUT2D eigenvalue weighted by Gasteiger charge is -2.25. The summed E-state index contributed by atoms with van der Waals surface area (Å²) >= 11 is 0. The molecule has 4 heteroatoms. The average Bonchev–Trinajstić information content (AvgIpc) is 3.37. The summed E-state index contributed by atoms with van der Waals surface area (Å²) in [5, 5.41) is 4.85. The molecule has 150 valence electrons. The van der Waals surface area contributed by atoms with E-state index in [1.807, 2.05) is 24.8 Å². The largest absolute Gasteiger partial charge is 0.310 e. The molecule has 0 radical (unpaired) electrons. The molecule has 4 aromatic heterocycles. The van der Waals surface area contributed by atoms with Gasteiger partial charge in [0.15, 0.2) is 0 Å². The van der Waals surface area contributed by atoms with Crippen molar-refractivity contribution in [1.82, 2.24) is 14.4 Å². The standard InChI is InChI=1S/C28H18N4/c1-3-7-19(8-4-1)31(20-9-5-2-6-10-20)21-15-24-22-11-13-29-17-26(22)32-27-18-30-14-12-23(27)25(16-21)28(24)32/h1-18H. The highest BCUT2D eigenvalue weighted by atomic mass is 15.1. The normalized spacial score (nSPS) is 11.8. The minimum atomic E-state index is 1.11. The molecular weight excluding hydrogens is 392 g/mol. The van der Waals surface area contributed by atoms with Crippen molar-refractivity contribution in [1.29, 1.82) is 0 Å². The maximum atomic E-state index is 4.41. The number of pyridine rings is 2. The minimum Gasteiger partial charge on any atom is -0.310 e. The summed E-state index contributed by atoms with van der Waals surface area (Å²) in [4.78, 5) is 11.1. The maximum Gasteiger partial charge on any atom is 0.0725 e. The van der Waals surface area contributed by atoms with Crippen LogP contribution in [0.15, 0.2) is 110 Å². The zero-order valence-electron chi connectivity index (χ0n) is 17.2. The van der Waals surface area contributed by atoms with Crippen LogP contribution in [0.25, 0.3) is 38.1 Å². The topological polar surface area (TPSA) is 33.4 Å². The van der Waals surface area contributed by atoms with Crippen molar-refractivity contribution in [3.63, 3.8) is 0 Å². The van der Waals surface area contributed by atoms with Crippen LogP contribution in [-0.2, 0) is 0 Å². The van der Waals surface area contributed by atoms with Crippen LogP contribution in [0.5, 0.6) is 0 Å². The van der Waals surface area contributed by atoms with Crippen molar-refractivity contribution >= 4 is 55.2 Å². The third kappa shape index (κ3) is 2.32. The van der Waals surface area contributed by atoms with E-state index in [2.05, 4.69) is 104 Å². The lowest BCUT2D eigenvalue weighted by Crippen LogP contribution is -2.09. The first-order valence-electron chi connectivity index (χ1n) is 10.7. The van der Waals surface area contributed by atoms with Gasteiger partial charge in [0.25, 0.3) is 0 Å². The molecule has 0 bridgehead atoms. The van der Waals surface area contributed by atoms with Crippen LogP contribution in [0.2, 0.25) is 0 Å². The second kappa shape index (κ2) is 6.53. The van der Waals surface area contributed by atoms with E-state index in [4.69, 9.17) is 0 Å². The van der Waals surface area contributed by atoms with Crippen molar-refractivity contribution < 1.29 is 0 Å². The molecule has 0 aliphatic rings. The van der Waals surface area contributed by atoms with Gasteiger partial charge in [0.05, 0.1) is 28.9 Å². The number of aromatic nitrogens is 3. The van der Waals surface area contributed by atoms with Gasteiger partial charge >= 0.3 is 0 Å². The fourth-order valence-electron chi connectivity index (χ4n) is 4.96. The molecule has 0 saturated heterocycles. The molecule has 0 saturated carbocycles. The number of hydrogen-bond acceptors (Lipinski definition) is 3. The van der Waals surface area contributed by atoms with Crippen molar-refractivity contribution in [3.05, 3.63) is 110 Å². The van der Waals surface area contributed by atoms with E-state index < -0.39 is 0 Å². The summed E-state index contributed by atoms with van der Waals surface area (Å²) in [5.74, 6) is 0. The van der Waals surface area contributed by atoms with E-state index >= 15 is 0 Å². The van der Waals surface area contributed by atoms with E-state index in [9.17, 15) is 0 Å². The highest BCUT2D eigenvalue weighted by Gasteiger charge is 2.21. The Hall–Kier alpha value is -4.44. The molecule has 7 aromatic rings. The molecule has 4 heterocycles. The first-order chi connectivity index (χ1) is 15.9. The van der Waals surface area contributed by atoms with Crippen LogP contribution in [-0.4, -0.2) is 14.4 Å². The summed E-state index contributed by atoms with van der Waals surface area (Å²) < 4.78 is 2.30. The highest BCUT2D eigenvalue weighted by molar-refractivity contribution is 6.24. The van der Waals surface area contributed by atoms with E-state index in [1.165, 1.54) is 27.1 Å². The quantitative estimate of drug-likeness (QED) is 0.312. The van der Waals surface area contributed by atoms with Crippen molar-refractivity contribution in [3.8, 4) is 0 Å². The van der Waals surface area contributed by atoms with E-state index in [-0.39, 0.29) is 0 Å². The van der Waals surface area contributed by atoms with E-state index in [1.54, 1.807) is 0 Å². The lowest BCUT2D eigenvalue weighted by molar-refractivity contribution is 1.27. The Bertz CT molecular complexity index is 1600. The predicted octanol–water partition coefficient (Wildman–Crippen LogP) is 7.10. The third-order valence-corrected chi connectivity index (χ3v) is 6.27. The number of anilines is 3. The SMILES string of the molecule is c1ccc(N(c2ccccc2)c2cc3c4ccncc4n4c5cnccc5c(c2)c34)cc1. The van der Waals surface area contributed by atoms with Gasteiger partial charge in [-0.2, -0.15) is 0 Å². The number of hydrogen-bond donors (Lipinski definition) is 0. The van der Waals surface area contributed by atoms with Crippen LogP contribution in [0.1, 0.15) is 0 Å². The molecule has 0 aliphatic carbocycles. The van der Waals surface area contributed by atoms with Crippen LogP contribution in [0, 0.1) is 0 Å². The van der Waals surface area contributed by atoms with Crippen LogP contribution in [0.4, 0.5) is 17.1 Å². The van der Waals surface area contributed by atoms with Crippen molar-refractivity contribution in [2.45, 2.75) is 0 Å². The zero-order valence-corrected chi connectivity index (χ0v) is 17.2. The smallest absolute Gasteiger partial charge is 0.0725 e. The molecule has 4 nitrogen and oxygen atoms in total. The molecule has 0 atom stereocenters. The van der Waals surface area contributed by atoms with Gasteiger partial charge in [-0.05, 0) is 48.5 Å². The molecule has 7 rings (SSSR count). The molecule has 32 heavy (non-hydrogen) atoms. The summed E-state index contributed by atoms with van der Waals surface area (Å²) in [7, 11) is 0. The molecule has 0 N–H and O–H groups in total. The lowest BCUT2D eigenvalue weighted by atomic mass is 10.1. The molecule has 0 aliphatic heterocycles. The molecule has 0 spiro atoms. The third-order valence-electron chi connectivity index (χ3n) is 6.27. The molecule has 0 amide bonds. The monoisotopic (exact) mass is 410 g/mol. The van der Waals surface area contributed by atoms with Gasteiger partial charge in [-0.1, -0.05) is 36.4 Å². The summed E-state index contributed by atoms with van der Waals surface area (Å²) in [6.45, 7) is 0. The maximum absolute atomic E-state index is 4.41. The number of rotatable bonds is 3. The van der Waals surface area contributed by atoms with Gasteiger partial charge in [-0.25, -0.2) is 0 Å². The Morgan fingerprint density at radius 2 is 1.03 bits per heavy atom. The van der Waals surface area contributed by atoms with Crippen molar-refractivity contribution in [2.24, 2.45) is 0 Å². The van der Waals surface area contributed by atoms with Crippen molar-refractivity contribution in [2.75, 3.05) is 4.90 Å². The Balaban J connectivity index is 1.64. The van der Waals surface area contributed by atoms with Gasteiger partial charge in [0.1, 0.15) is 0 Å². The fraction of sp³-hybridized carbons (Fsp3) is 0. The fourth-order valence-corrected chi connectivity index (χ4v) is 4.96. The van der Waals surface area contributed by atoms with Crippen LogP contribution < -0.4 is 4.90 Å². The van der Waals surface area contributed by atoms with E-state index in [0.29, 0.717) is 0 Å². The van der Waals surface area contributed by atoms with Gasteiger partial charge in [0, 0.05) is 51.0 Å². The Kier molecular flexibility index (Phi) is 3.52. The zero-order chi connectivity index (χ0) is 21.1. The Morgan fingerprint density at radius 1 is 0.531 bits per heavy atom. The van der Waals surface area contributed by atoms with Gasteiger partial charge in [0.2, 0.25) is 0 Å². The molecule has 3 aromatic carbocycles. The number of para-hydroxylation sites is 2. The number of nitrogens with zero attached hydrogens (tertiary/aromatic N) is 4. The van der Waals surface area contributed by atoms with Gasteiger partial charge in [-0.3, -0.25) is 9.97 Å². The predicted molar refractivity (Wildman–Crippen MR) is 131 cm³/mol. The first-order valence-corrected chi connectivity index (χ1v) is 10.7. The summed E-state index contributed by atoms with van der Waals surface area (Å²) in [6, 6.07) is 29.9. The molecular formula is C28H18N4. The van der Waals surface area contributed by atoms with Gasteiger partial charge < -0.3 is 9.30 Å². The second-order valence-corrected chi connectivity index (χ2v) is 8.02. The Labute approximate surface area is 184 Å². The van der Waals surface area contributed by atoms with Crippen LogP contribution >= 0.6 is 0 Å². The highest BCUT2D eigenvalue weighted by Crippen LogP contribution is 2.43. The Morgan fingerprint density at radius 3 is 1.53 bits per heavy atom. The summed E-state index contributed by atoms with van der Waals surface area (Å²) in [5.41, 5.74) is 6.83. The number of fused-ring (bicyclic) bond motifs is 6. The first kappa shape index (κ1) is 17.3. The van der Waals surface area contributed by atoms with Crippen LogP contribution in [0.3, 0.4) is 0 Å². The second-order valence-electron chi connectivity index (χ2n) is 8.02. The molecule has 0 fully saturated rings. The number of benzene rings is 3. The molecule has 0 unspecified atom stereocenters.